The van der Waals surface area contributed by atoms with Gasteiger partial charge in [0, 0.05) is 37.1 Å². The normalized spacial score (nSPS) is 19.7. The highest BCUT2D eigenvalue weighted by Gasteiger charge is 2.28. The number of aromatic nitrogens is 2. The molecule has 1 saturated carbocycles. The summed E-state index contributed by atoms with van der Waals surface area (Å²) in [4.78, 5) is 26.7. The average Bonchev–Trinajstić information content (AvgIpc) is 3.55. The highest BCUT2D eigenvalue weighted by molar-refractivity contribution is 6.06. The van der Waals surface area contributed by atoms with E-state index in [1.807, 2.05) is 0 Å². The molecule has 10 heteroatoms. The first-order chi connectivity index (χ1) is 14.4. The molecule has 2 aliphatic rings. The zero-order valence-corrected chi connectivity index (χ0v) is 17.0. The van der Waals surface area contributed by atoms with E-state index < -0.39 is 0 Å². The summed E-state index contributed by atoms with van der Waals surface area (Å²) >= 11 is 0. The summed E-state index contributed by atoms with van der Waals surface area (Å²) < 4.78 is 0. The van der Waals surface area contributed by atoms with Crippen molar-refractivity contribution in [1.29, 1.82) is 5.41 Å². The molecule has 1 unspecified atom stereocenters. The number of nitrogen functional groups attached to an aromatic ring is 2. The van der Waals surface area contributed by atoms with Crippen molar-refractivity contribution in [3.8, 4) is 0 Å². The molecule has 1 aromatic rings. The fourth-order valence-corrected chi connectivity index (χ4v) is 3.47. The van der Waals surface area contributed by atoms with Crippen LogP contribution in [0.25, 0.3) is 0 Å². The maximum Gasteiger partial charge on any atom is 0.246 e. The molecule has 1 saturated heterocycles. The smallest absolute Gasteiger partial charge is 0.246 e. The number of nitrogens with zero attached hydrogens (tertiary/aromatic N) is 4. The van der Waals surface area contributed by atoms with Gasteiger partial charge < -0.3 is 32.8 Å². The fraction of sp³-hybridized carbons (Fsp3) is 0.450. The Labute approximate surface area is 175 Å². The third-order valence-corrected chi connectivity index (χ3v) is 5.20. The number of allylic oxidation sites excluding steroid dienone is 1. The number of nitrogens with two attached hydrogens (primary N) is 3. The second-order valence-corrected chi connectivity index (χ2v) is 7.52. The van der Waals surface area contributed by atoms with Crippen LogP contribution in [0.2, 0.25) is 0 Å². The highest BCUT2D eigenvalue weighted by Crippen LogP contribution is 2.26. The molecule has 2 fully saturated rings. The van der Waals surface area contributed by atoms with Gasteiger partial charge in [-0.2, -0.15) is 9.97 Å². The van der Waals surface area contributed by atoms with Crippen LogP contribution in [0.4, 0.5) is 17.6 Å². The molecule has 1 aromatic heterocycles. The maximum atomic E-state index is 12.1. The number of carbonyl (C=O) groups is 1. The van der Waals surface area contributed by atoms with Gasteiger partial charge in [0.2, 0.25) is 11.9 Å². The topological polar surface area (TPSA) is 172 Å². The van der Waals surface area contributed by atoms with Gasteiger partial charge in [-0.1, -0.05) is 6.58 Å². The van der Waals surface area contributed by atoms with E-state index in [9.17, 15) is 4.79 Å². The number of rotatable bonds is 8. The Bertz CT molecular complexity index is 865. The van der Waals surface area contributed by atoms with E-state index >= 15 is 0 Å². The molecular weight excluding hydrogens is 382 g/mol. The van der Waals surface area contributed by atoms with Crippen molar-refractivity contribution in [3.63, 3.8) is 0 Å². The van der Waals surface area contributed by atoms with E-state index in [0.717, 1.165) is 32.1 Å². The predicted octanol–water partition coefficient (Wildman–Crippen LogP) is 1.41. The standard InChI is InChI=1S/C20H29N9O/c1-2-16(30)29-8-4-3-5-14(29)9-15(22)17-18(23)27-20(28-19(17)24)26-13(10-21)11-25-12-6-7-12/h2,10-12,14,22H,1,3-9,21H2,(H5,23,24,26,27,28). The summed E-state index contributed by atoms with van der Waals surface area (Å²) in [5, 5.41) is 11.5. The minimum Gasteiger partial charge on any atom is -0.403 e. The van der Waals surface area contributed by atoms with E-state index in [2.05, 4.69) is 26.9 Å². The minimum atomic E-state index is -0.127. The predicted molar refractivity (Wildman–Crippen MR) is 119 cm³/mol. The Hall–Kier alpha value is -3.43. The van der Waals surface area contributed by atoms with E-state index in [-0.39, 0.29) is 35.2 Å². The Morgan fingerprint density at radius 3 is 2.57 bits per heavy atom. The third kappa shape index (κ3) is 5.13. The van der Waals surface area contributed by atoms with Gasteiger partial charge in [0.1, 0.15) is 11.6 Å². The number of hydrogen-bond donors (Lipinski definition) is 5. The van der Waals surface area contributed by atoms with Crippen LogP contribution in [0.15, 0.2) is 29.5 Å². The SMILES string of the molecule is C=CC(=O)N1CCCCC1CC(=N)c1c(N)nc(NC(C=NC2CC2)=CN)nc1N. The van der Waals surface area contributed by atoms with E-state index in [0.29, 0.717) is 30.3 Å². The maximum absolute atomic E-state index is 12.1. The van der Waals surface area contributed by atoms with Crippen molar-refractivity contribution in [2.24, 2.45) is 10.7 Å². The highest BCUT2D eigenvalue weighted by atomic mass is 16.2. The lowest BCUT2D eigenvalue weighted by Gasteiger charge is -2.35. The molecule has 1 atom stereocenters. The fourth-order valence-electron chi connectivity index (χ4n) is 3.47. The zero-order chi connectivity index (χ0) is 21.7. The van der Waals surface area contributed by atoms with E-state index in [1.165, 1.54) is 12.3 Å². The molecule has 2 heterocycles. The average molecular weight is 412 g/mol. The van der Waals surface area contributed by atoms with E-state index in [4.69, 9.17) is 22.6 Å². The summed E-state index contributed by atoms with van der Waals surface area (Å²) in [5.74, 6) is 0.255. The van der Waals surface area contributed by atoms with Gasteiger partial charge in [0.15, 0.2) is 0 Å². The van der Waals surface area contributed by atoms with Crippen molar-refractivity contribution < 1.29 is 4.79 Å². The first-order valence-electron chi connectivity index (χ1n) is 10.1. The van der Waals surface area contributed by atoms with Crippen LogP contribution in [-0.2, 0) is 4.79 Å². The van der Waals surface area contributed by atoms with Crippen LogP contribution in [0.3, 0.4) is 0 Å². The van der Waals surface area contributed by atoms with Crippen LogP contribution in [-0.4, -0.2) is 51.3 Å². The number of carbonyl (C=O) groups excluding carboxylic acids is 1. The van der Waals surface area contributed by atoms with Gasteiger partial charge in [-0.15, -0.1) is 0 Å². The summed E-state index contributed by atoms with van der Waals surface area (Å²) in [6.45, 7) is 4.22. The number of amides is 1. The van der Waals surface area contributed by atoms with Gasteiger partial charge in [0.05, 0.1) is 17.3 Å². The molecule has 10 nitrogen and oxygen atoms in total. The summed E-state index contributed by atoms with van der Waals surface area (Å²) in [6, 6.07) is 0.256. The molecule has 0 aromatic carbocycles. The zero-order valence-electron chi connectivity index (χ0n) is 17.0. The van der Waals surface area contributed by atoms with Crippen molar-refractivity contribution in [3.05, 3.63) is 30.1 Å². The minimum absolute atomic E-state index is 0.0984. The molecular formula is C20H29N9O. The second kappa shape index (κ2) is 9.38. The number of nitrogens with one attached hydrogen (secondary N) is 2. The number of likely N-dealkylation sites (tertiary alicyclic amines) is 1. The molecule has 8 N–H and O–H groups in total. The van der Waals surface area contributed by atoms with Gasteiger partial charge in [-0.05, 0) is 38.2 Å². The van der Waals surface area contributed by atoms with E-state index in [1.54, 1.807) is 11.1 Å². The largest absolute Gasteiger partial charge is 0.403 e. The lowest BCUT2D eigenvalue weighted by Crippen LogP contribution is -2.44. The number of piperidine rings is 1. The van der Waals surface area contributed by atoms with Crippen LogP contribution < -0.4 is 22.5 Å². The third-order valence-electron chi connectivity index (χ3n) is 5.20. The molecule has 30 heavy (non-hydrogen) atoms. The van der Waals surface area contributed by atoms with Crippen molar-refractivity contribution in [1.82, 2.24) is 14.9 Å². The van der Waals surface area contributed by atoms with Crippen molar-refractivity contribution in [2.75, 3.05) is 23.3 Å². The Kier molecular flexibility index (Phi) is 6.65. The van der Waals surface area contributed by atoms with Crippen LogP contribution in [0, 0.1) is 5.41 Å². The molecule has 1 aliphatic heterocycles. The van der Waals surface area contributed by atoms with Crippen molar-refractivity contribution in [2.45, 2.75) is 50.6 Å². The van der Waals surface area contributed by atoms with Gasteiger partial charge in [0.25, 0.3) is 0 Å². The van der Waals surface area contributed by atoms with Gasteiger partial charge in [-0.3, -0.25) is 9.79 Å². The summed E-state index contributed by atoms with van der Waals surface area (Å²) in [7, 11) is 0. The lowest BCUT2D eigenvalue weighted by atomic mass is 9.94. The Balaban J connectivity index is 1.73. The quantitative estimate of drug-likeness (QED) is 0.317. The molecule has 160 valence electrons. The molecule has 0 spiro atoms. The Morgan fingerprint density at radius 1 is 1.27 bits per heavy atom. The first-order valence-corrected chi connectivity index (χ1v) is 10.1. The summed E-state index contributed by atoms with van der Waals surface area (Å²) in [6.07, 6.45) is 9.56. The number of anilines is 3. The van der Waals surface area contributed by atoms with Crippen LogP contribution in [0.5, 0.6) is 0 Å². The van der Waals surface area contributed by atoms with Crippen LogP contribution in [0.1, 0.15) is 44.1 Å². The lowest BCUT2D eigenvalue weighted by molar-refractivity contribution is -0.129. The van der Waals surface area contributed by atoms with Gasteiger partial charge >= 0.3 is 0 Å². The molecule has 0 bridgehead atoms. The van der Waals surface area contributed by atoms with Crippen molar-refractivity contribution >= 4 is 35.4 Å². The molecule has 0 radical (unpaired) electrons. The number of aliphatic imine (C=N–C) groups is 1. The van der Waals surface area contributed by atoms with Gasteiger partial charge in [-0.25, -0.2) is 0 Å². The number of hydrogen-bond acceptors (Lipinski definition) is 9. The molecule has 1 aliphatic carbocycles. The molecule has 1 amide bonds. The van der Waals surface area contributed by atoms with Crippen LogP contribution >= 0.6 is 0 Å². The molecule has 3 rings (SSSR count). The monoisotopic (exact) mass is 411 g/mol. The summed E-state index contributed by atoms with van der Waals surface area (Å²) in [5.41, 5.74) is 18.9. The second-order valence-electron chi connectivity index (χ2n) is 7.52. The first kappa shape index (κ1) is 21.3. The Morgan fingerprint density at radius 2 is 1.97 bits per heavy atom.